The minimum absolute atomic E-state index is 0.134. The molecule has 0 atom stereocenters. The van der Waals surface area contributed by atoms with Gasteiger partial charge < -0.3 is 15.4 Å². The predicted molar refractivity (Wildman–Crippen MR) is 116 cm³/mol. The van der Waals surface area contributed by atoms with Crippen molar-refractivity contribution in [1.29, 1.82) is 0 Å². The molecule has 2 rings (SSSR count). The monoisotopic (exact) mass is 459 g/mol. The fourth-order valence-electron chi connectivity index (χ4n) is 2.26. The van der Waals surface area contributed by atoms with Crippen LogP contribution in [0.3, 0.4) is 0 Å². The van der Waals surface area contributed by atoms with Crippen LogP contribution in [0, 0.1) is 6.92 Å². The second-order valence-corrected chi connectivity index (χ2v) is 9.93. The molecule has 0 spiro atoms. The molecule has 0 saturated heterocycles. The Morgan fingerprint density at radius 2 is 2.10 bits per heavy atom. The highest BCUT2D eigenvalue weighted by Crippen LogP contribution is 2.26. The Hall–Kier alpha value is -1.73. The summed E-state index contributed by atoms with van der Waals surface area (Å²) in [6, 6.07) is 4.77. The van der Waals surface area contributed by atoms with Crippen molar-refractivity contribution >= 4 is 49.8 Å². The molecule has 1 aromatic carbocycles. The first-order chi connectivity index (χ1) is 13.9. The maximum Gasteiger partial charge on any atom is 0.240 e. The molecule has 1 aromatic heterocycles. The first-order valence-electron chi connectivity index (χ1n) is 8.97. The van der Waals surface area contributed by atoms with E-state index < -0.39 is 10.0 Å². The third kappa shape index (κ3) is 7.55. The van der Waals surface area contributed by atoms with Crippen molar-refractivity contribution in [2.24, 2.45) is 0 Å². The lowest BCUT2D eigenvalue weighted by atomic mass is 10.2. The minimum Gasteiger partial charge on any atom is -0.382 e. The summed E-state index contributed by atoms with van der Waals surface area (Å²) in [5.74, 6) is -0.117. The van der Waals surface area contributed by atoms with Crippen molar-refractivity contribution in [3.05, 3.63) is 23.8 Å². The lowest BCUT2D eigenvalue weighted by molar-refractivity contribution is -0.113. The highest BCUT2D eigenvalue weighted by atomic mass is 32.2. The number of aryl methyl sites for hydroxylation is 1. The number of hydrogen-bond donors (Lipinski definition) is 3. The van der Waals surface area contributed by atoms with Crippen molar-refractivity contribution < 1.29 is 17.9 Å². The number of anilines is 2. The van der Waals surface area contributed by atoms with Crippen LogP contribution in [0.25, 0.3) is 0 Å². The molecule has 29 heavy (non-hydrogen) atoms. The number of carbonyl (C=O) groups excluding carboxylic acids is 1. The molecule has 2 aromatic rings. The van der Waals surface area contributed by atoms with Crippen molar-refractivity contribution in [3.63, 3.8) is 0 Å². The number of amides is 1. The summed E-state index contributed by atoms with van der Waals surface area (Å²) >= 11 is 2.65. The lowest BCUT2D eigenvalue weighted by Gasteiger charge is -2.10. The number of sulfonamides is 1. The van der Waals surface area contributed by atoms with Crippen molar-refractivity contribution in [1.82, 2.24) is 14.9 Å². The summed E-state index contributed by atoms with van der Waals surface area (Å²) in [6.45, 7) is 5.80. The van der Waals surface area contributed by atoms with Gasteiger partial charge in [-0.05, 0) is 45.0 Å². The Labute approximate surface area is 179 Å². The van der Waals surface area contributed by atoms with Gasteiger partial charge >= 0.3 is 0 Å². The normalized spacial score (nSPS) is 11.4. The van der Waals surface area contributed by atoms with Crippen LogP contribution >= 0.6 is 23.1 Å². The van der Waals surface area contributed by atoms with E-state index in [0.29, 0.717) is 33.9 Å². The molecular weight excluding hydrogens is 434 g/mol. The third-order valence-corrected chi connectivity index (χ3v) is 7.28. The number of thioether (sulfide) groups is 1. The number of nitrogens with zero attached hydrogens (tertiary/aromatic N) is 2. The maximum atomic E-state index is 12.2. The molecule has 1 amide bonds. The third-order valence-electron chi connectivity index (χ3n) is 3.71. The van der Waals surface area contributed by atoms with Gasteiger partial charge in [-0.1, -0.05) is 29.2 Å². The van der Waals surface area contributed by atoms with Gasteiger partial charge in [-0.3, -0.25) is 4.79 Å². The number of ether oxygens (including phenoxy) is 1. The van der Waals surface area contributed by atoms with Gasteiger partial charge in [-0.25, -0.2) is 13.1 Å². The summed E-state index contributed by atoms with van der Waals surface area (Å²) < 4.78 is 32.3. The zero-order valence-corrected chi connectivity index (χ0v) is 19.0. The van der Waals surface area contributed by atoms with E-state index >= 15 is 0 Å². The largest absolute Gasteiger partial charge is 0.382 e. The smallest absolute Gasteiger partial charge is 0.240 e. The first kappa shape index (κ1) is 23.5. The standard InChI is InChI=1S/C17H25N5O4S3/c1-4-26-9-5-8-19-16-21-22-17(28-16)27-11-15(23)20-13-7-6-12(2)14(10-13)29(24,25)18-3/h6-7,10,18H,4-5,8-9,11H2,1-3H3,(H,19,21)(H,20,23). The molecule has 0 saturated carbocycles. The summed E-state index contributed by atoms with van der Waals surface area (Å²) in [5.41, 5.74) is 1.02. The number of carbonyl (C=O) groups is 1. The maximum absolute atomic E-state index is 12.2. The molecule has 0 radical (unpaired) electrons. The van der Waals surface area contributed by atoms with Crippen molar-refractivity contribution in [3.8, 4) is 0 Å². The van der Waals surface area contributed by atoms with Crippen molar-refractivity contribution in [2.45, 2.75) is 29.5 Å². The molecule has 3 N–H and O–H groups in total. The highest BCUT2D eigenvalue weighted by molar-refractivity contribution is 8.01. The van der Waals surface area contributed by atoms with Crippen LogP contribution < -0.4 is 15.4 Å². The predicted octanol–water partition coefficient (Wildman–Crippen LogP) is 2.32. The molecule has 0 bridgehead atoms. The molecule has 12 heteroatoms. The van der Waals surface area contributed by atoms with Gasteiger partial charge in [0.15, 0.2) is 4.34 Å². The van der Waals surface area contributed by atoms with Gasteiger partial charge in [0.2, 0.25) is 21.1 Å². The van der Waals surface area contributed by atoms with E-state index in [0.717, 1.165) is 13.0 Å². The summed E-state index contributed by atoms with van der Waals surface area (Å²) in [6.07, 6.45) is 0.875. The van der Waals surface area contributed by atoms with Crippen LogP contribution in [0.15, 0.2) is 27.4 Å². The van der Waals surface area contributed by atoms with E-state index in [-0.39, 0.29) is 16.6 Å². The zero-order valence-electron chi connectivity index (χ0n) is 16.5. The number of benzene rings is 1. The lowest BCUT2D eigenvalue weighted by Crippen LogP contribution is -2.20. The Morgan fingerprint density at radius 1 is 1.31 bits per heavy atom. The van der Waals surface area contributed by atoms with Gasteiger partial charge in [0.05, 0.1) is 10.6 Å². The van der Waals surface area contributed by atoms with Crippen LogP contribution in [0.5, 0.6) is 0 Å². The molecule has 160 valence electrons. The van der Waals surface area contributed by atoms with E-state index in [9.17, 15) is 13.2 Å². The second kappa shape index (κ2) is 11.5. The highest BCUT2D eigenvalue weighted by Gasteiger charge is 2.16. The molecule has 1 heterocycles. The van der Waals surface area contributed by atoms with Gasteiger partial charge in [0.1, 0.15) is 0 Å². The van der Waals surface area contributed by atoms with Gasteiger partial charge in [0.25, 0.3) is 0 Å². The van der Waals surface area contributed by atoms with Crippen LogP contribution in [-0.2, 0) is 19.6 Å². The molecule has 0 unspecified atom stereocenters. The topological polar surface area (TPSA) is 122 Å². The second-order valence-electron chi connectivity index (χ2n) is 5.88. The number of aromatic nitrogens is 2. The van der Waals surface area contributed by atoms with Crippen LogP contribution in [0.4, 0.5) is 10.8 Å². The summed E-state index contributed by atoms with van der Waals surface area (Å²) in [5, 5.41) is 14.7. The van der Waals surface area contributed by atoms with E-state index in [4.69, 9.17) is 4.74 Å². The van der Waals surface area contributed by atoms with Crippen LogP contribution in [-0.4, -0.2) is 57.1 Å². The number of hydrogen-bond acceptors (Lipinski definition) is 9. The van der Waals surface area contributed by atoms with Gasteiger partial charge in [-0.2, -0.15) is 0 Å². The van der Waals surface area contributed by atoms with E-state index in [1.54, 1.807) is 19.1 Å². The molecule has 0 aliphatic carbocycles. The van der Waals surface area contributed by atoms with Gasteiger partial charge in [0, 0.05) is 25.4 Å². The fraction of sp³-hybridized carbons (Fsp3) is 0.471. The molecular formula is C17H25N5O4S3. The SMILES string of the molecule is CCOCCCNc1nnc(SCC(=O)Nc2ccc(C)c(S(=O)(=O)NC)c2)s1. The van der Waals surface area contributed by atoms with Crippen LogP contribution in [0.1, 0.15) is 18.9 Å². The Bertz CT molecular complexity index is 918. The number of nitrogens with one attached hydrogen (secondary N) is 3. The zero-order chi connectivity index (χ0) is 21.3. The fourth-order valence-corrected chi connectivity index (χ4v) is 4.83. The first-order valence-corrected chi connectivity index (χ1v) is 12.3. The quantitative estimate of drug-likeness (QED) is 0.326. The van der Waals surface area contributed by atoms with E-state index in [2.05, 4.69) is 25.6 Å². The Kier molecular flexibility index (Phi) is 9.30. The average Bonchev–Trinajstić information content (AvgIpc) is 3.15. The molecule has 0 fully saturated rings. The molecule has 0 aliphatic rings. The van der Waals surface area contributed by atoms with Crippen LogP contribution in [0.2, 0.25) is 0 Å². The molecule has 0 aliphatic heterocycles. The van der Waals surface area contributed by atoms with E-state index in [1.807, 2.05) is 6.92 Å². The van der Waals surface area contributed by atoms with Gasteiger partial charge in [-0.15, -0.1) is 10.2 Å². The Morgan fingerprint density at radius 3 is 2.83 bits per heavy atom. The Balaban J connectivity index is 1.84. The molecule has 9 nitrogen and oxygen atoms in total. The number of rotatable bonds is 12. The minimum atomic E-state index is -3.59. The average molecular weight is 460 g/mol. The van der Waals surface area contributed by atoms with Crippen molar-refractivity contribution in [2.75, 3.05) is 43.2 Å². The van der Waals surface area contributed by atoms with E-state index in [1.165, 1.54) is 36.2 Å². The summed E-state index contributed by atoms with van der Waals surface area (Å²) in [7, 11) is -2.24. The summed E-state index contributed by atoms with van der Waals surface area (Å²) in [4.78, 5) is 12.3.